The van der Waals surface area contributed by atoms with Gasteiger partial charge in [0, 0.05) is 12.5 Å². The summed E-state index contributed by atoms with van der Waals surface area (Å²) in [6.07, 6.45) is 0.477. The minimum atomic E-state index is -0.432. The Morgan fingerprint density at radius 3 is 2.43 bits per heavy atom. The van der Waals surface area contributed by atoms with Gasteiger partial charge in [0.1, 0.15) is 5.82 Å². The molecule has 0 amide bonds. The van der Waals surface area contributed by atoms with Gasteiger partial charge >= 0.3 is 0 Å². The molecule has 2 nitrogen and oxygen atoms in total. The number of hydrogen-bond acceptors (Lipinski definition) is 2. The maximum absolute atomic E-state index is 13.1. The van der Waals surface area contributed by atoms with Gasteiger partial charge in [-0.2, -0.15) is 0 Å². The highest BCUT2D eigenvalue weighted by atomic mass is 19.1. The molecular formula is C18H20FNO. The molecule has 3 unspecified atom stereocenters. The normalized spacial score (nSPS) is 25.7. The number of nitrogens with one attached hydrogen (secondary N) is 1. The molecule has 3 rings (SSSR count). The van der Waals surface area contributed by atoms with E-state index < -0.39 is 6.10 Å². The molecule has 1 heterocycles. The molecule has 1 fully saturated rings. The van der Waals surface area contributed by atoms with Crippen LogP contribution >= 0.6 is 0 Å². The fourth-order valence-corrected chi connectivity index (χ4v) is 3.28. The van der Waals surface area contributed by atoms with Gasteiger partial charge in [0.2, 0.25) is 0 Å². The van der Waals surface area contributed by atoms with Crippen LogP contribution in [0, 0.1) is 11.7 Å². The van der Waals surface area contributed by atoms with Crippen molar-refractivity contribution in [1.82, 2.24) is 5.32 Å². The molecule has 0 radical (unpaired) electrons. The van der Waals surface area contributed by atoms with Crippen LogP contribution in [0.2, 0.25) is 0 Å². The van der Waals surface area contributed by atoms with E-state index in [1.165, 1.54) is 17.7 Å². The van der Waals surface area contributed by atoms with Crippen molar-refractivity contribution in [3.05, 3.63) is 71.5 Å². The highest BCUT2D eigenvalue weighted by Gasteiger charge is 2.33. The maximum Gasteiger partial charge on any atom is 0.123 e. The average Bonchev–Trinajstić information content (AvgIpc) is 2.50. The molecule has 2 N–H and O–H groups in total. The Bertz CT molecular complexity index is 570. The van der Waals surface area contributed by atoms with Gasteiger partial charge < -0.3 is 10.4 Å². The molecule has 0 aliphatic carbocycles. The fourth-order valence-electron chi connectivity index (χ4n) is 3.28. The summed E-state index contributed by atoms with van der Waals surface area (Å²) in [5.74, 6) is 0.121. The third-order valence-corrected chi connectivity index (χ3v) is 4.28. The topological polar surface area (TPSA) is 32.3 Å². The fraction of sp³-hybridized carbons (Fsp3) is 0.333. The number of aliphatic hydroxyl groups excluding tert-OH is 1. The number of hydrogen-bond donors (Lipinski definition) is 2. The number of halogens is 1. The van der Waals surface area contributed by atoms with Gasteiger partial charge in [-0.3, -0.25) is 0 Å². The Morgan fingerprint density at radius 1 is 1.00 bits per heavy atom. The summed E-state index contributed by atoms with van der Waals surface area (Å²) in [5.41, 5.74) is 2.29. The summed E-state index contributed by atoms with van der Waals surface area (Å²) in [5, 5.41) is 13.7. The monoisotopic (exact) mass is 285 g/mol. The molecule has 1 saturated heterocycles. The quantitative estimate of drug-likeness (QED) is 0.909. The van der Waals surface area contributed by atoms with E-state index >= 15 is 0 Å². The van der Waals surface area contributed by atoms with Gasteiger partial charge in [-0.1, -0.05) is 42.5 Å². The Morgan fingerprint density at radius 2 is 1.71 bits per heavy atom. The summed E-state index contributed by atoms with van der Waals surface area (Å²) >= 11 is 0. The smallest absolute Gasteiger partial charge is 0.123 e. The van der Waals surface area contributed by atoms with Crippen molar-refractivity contribution in [3.63, 3.8) is 0 Å². The number of rotatable bonds is 3. The van der Waals surface area contributed by atoms with E-state index in [0.717, 1.165) is 18.5 Å². The number of β-amino-alcohol motifs (C(OH)–C–C–N with tert-alkyl or cyclic N) is 1. The lowest BCUT2D eigenvalue weighted by Gasteiger charge is -2.36. The lowest BCUT2D eigenvalue weighted by Crippen LogP contribution is -2.46. The average molecular weight is 285 g/mol. The van der Waals surface area contributed by atoms with Gasteiger partial charge in [0.05, 0.1) is 6.10 Å². The zero-order chi connectivity index (χ0) is 14.7. The second-order valence-corrected chi connectivity index (χ2v) is 5.75. The summed E-state index contributed by atoms with van der Waals surface area (Å²) in [4.78, 5) is 0. The second-order valence-electron chi connectivity index (χ2n) is 5.75. The molecule has 0 saturated carbocycles. The Labute approximate surface area is 124 Å². The molecule has 3 atom stereocenters. The van der Waals surface area contributed by atoms with Crippen LogP contribution in [0.25, 0.3) is 0 Å². The molecule has 21 heavy (non-hydrogen) atoms. The molecule has 2 aromatic carbocycles. The maximum atomic E-state index is 13.1. The first-order valence-electron chi connectivity index (χ1n) is 7.42. The van der Waals surface area contributed by atoms with E-state index in [9.17, 15) is 9.50 Å². The minimum Gasteiger partial charge on any atom is -0.391 e. The van der Waals surface area contributed by atoms with E-state index in [4.69, 9.17) is 0 Å². The van der Waals surface area contributed by atoms with Crippen LogP contribution in [-0.2, 0) is 6.42 Å². The largest absolute Gasteiger partial charge is 0.391 e. The summed E-state index contributed by atoms with van der Waals surface area (Å²) in [6.45, 7) is 1.46. The van der Waals surface area contributed by atoms with E-state index in [1.54, 1.807) is 12.1 Å². The van der Waals surface area contributed by atoms with Crippen molar-refractivity contribution < 1.29 is 9.50 Å². The van der Waals surface area contributed by atoms with Crippen LogP contribution < -0.4 is 5.32 Å². The Kier molecular flexibility index (Phi) is 4.32. The summed E-state index contributed by atoms with van der Waals surface area (Å²) in [7, 11) is 0. The van der Waals surface area contributed by atoms with Crippen LogP contribution in [0.1, 0.15) is 17.0 Å². The van der Waals surface area contributed by atoms with Crippen LogP contribution in [-0.4, -0.2) is 24.3 Å². The standard InChI is InChI=1S/C18H20FNO/c19-16-8-6-14(7-9-16)18-15(11-20-12-17(18)21)10-13-4-2-1-3-5-13/h1-9,15,17-18,20-21H,10-12H2. The van der Waals surface area contributed by atoms with E-state index in [2.05, 4.69) is 17.4 Å². The molecule has 0 aromatic heterocycles. The highest BCUT2D eigenvalue weighted by molar-refractivity contribution is 5.25. The molecule has 1 aliphatic rings. The Balaban J connectivity index is 1.84. The van der Waals surface area contributed by atoms with Gasteiger partial charge in [-0.15, -0.1) is 0 Å². The van der Waals surface area contributed by atoms with Crippen LogP contribution in [0.4, 0.5) is 4.39 Å². The lowest BCUT2D eigenvalue weighted by molar-refractivity contribution is 0.0862. The van der Waals surface area contributed by atoms with Crippen molar-refractivity contribution in [2.45, 2.75) is 18.4 Å². The van der Waals surface area contributed by atoms with E-state index in [-0.39, 0.29) is 11.7 Å². The zero-order valence-electron chi connectivity index (χ0n) is 11.9. The van der Waals surface area contributed by atoms with Gasteiger partial charge in [-0.25, -0.2) is 4.39 Å². The van der Waals surface area contributed by atoms with E-state index in [0.29, 0.717) is 12.5 Å². The highest BCUT2D eigenvalue weighted by Crippen LogP contribution is 2.33. The number of aliphatic hydroxyl groups is 1. The van der Waals surface area contributed by atoms with Crippen LogP contribution in [0.15, 0.2) is 54.6 Å². The first kappa shape index (κ1) is 14.2. The molecule has 110 valence electrons. The van der Waals surface area contributed by atoms with Crippen molar-refractivity contribution in [1.29, 1.82) is 0 Å². The van der Waals surface area contributed by atoms with E-state index in [1.807, 2.05) is 18.2 Å². The molecule has 3 heteroatoms. The predicted octanol–water partition coefficient (Wildman–Crippen LogP) is 2.73. The third kappa shape index (κ3) is 3.31. The summed E-state index contributed by atoms with van der Waals surface area (Å²) < 4.78 is 13.1. The van der Waals surface area contributed by atoms with Crippen molar-refractivity contribution in [3.8, 4) is 0 Å². The SMILES string of the molecule is OC1CNCC(Cc2ccccc2)C1c1ccc(F)cc1. The van der Waals surface area contributed by atoms with Gasteiger partial charge in [0.15, 0.2) is 0 Å². The number of benzene rings is 2. The Hall–Kier alpha value is -1.71. The van der Waals surface area contributed by atoms with Gasteiger partial charge in [-0.05, 0) is 42.1 Å². The van der Waals surface area contributed by atoms with Crippen molar-refractivity contribution in [2.24, 2.45) is 5.92 Å². The lowest BCUT2D eigenvalue weighted by atomic mass is 9.76. The molecular weight excluding hydrogens is 265 g/mol. The first-order valence-corrected chi connectivity index (χ1v) is 7.42. The first-order chi connectivity index (χ1) is 10.2. The molecule has 0 bridgehead atoms. The predicted molar refractivity (Wildman–Crippen MR) is 81.7 cm³/mol. The van der Waals surface area contributed by atoms with Gasteiger partial charge in [0.25, 0.3) is 0 Å². The molecule has 2 aromatic rings. The molecule has 0 spiro atoms. The van der Waals surface area contributed by atoms with Crippen molar-refractivity contribution in [2.75, 3.05) is 13.1 Å². The number of piperidine rings is 1. The zero-order valence-corrected chi connectivity index (χ0v) is 11.9. The molecule has 1 aliphatic heterocycles. The second kappa shape index (κ2) is 6.37. The van der Waals surface area contributed by atoms with Crippen LogP contribution in [0.5, 0.6) is 0 Å². The van der Waals surface area contributed by atoms with Crippen molar-refractivity contribution >= 4 is 0 Å². The summed E-state index contributed by atoms with van der Waals surface area (Å²) in [6, 6.07) is 16.9. The van der Waals surface area contributed by atoms with Crippen LogP contribution in [0.3, 0.4) is 0 Å². The minimum absolute atomic E-state index is 0.0482. The third-order valence-electron chi connectivity index (χ3n) is 4.28.